The Kier molecular flexibility index (Phi) is 6.26. The van der Waals surface area contributed by atoms with E-state index < -0.39 is 5.97 Å². The Morgan fingerprint density at radius 1 is 1.00 bits per heavy atom. The Bertz CT molecular complexity index is 1190. The van der Waals surface area contributed by atoms with E-state index >= 15 is 0 Å². The van der Waals surface area contributed by atoms with Gasteiger partial charge in [-0.2, -0.15) is 0 Å². The average Bonchev–Trinajstić information content (AvgIpc) is 3.49. The summed E-state index contributed by atoms with van der Waals surface area (Å²) in [5.41, 5.74) is 2.92. The summed E-state index contributed by atoms with van der Waals surface area (Å²) in [7, 11) is 0. The fraction of sp³-hybridized carbons (Fsp3) is 0.280. The first-order valence-electron chi connectivity index (χ1n) is 10.7. The van der Waals surface area contributed by atoms with Crippen LogP contribution in [0.15, 0.2) is 53.1 Å². The number of fused-ring (bicyclic) bond motifs is 1. The smallest absolute Gasteiger partial charge is 0.306 e. The first kappa shape index (κ1) is 22.3. The second kappa shape index (κ2) is 9.28. The van der Waals surface area contributed by atoms with Crippen LogP contribution in [0.5, 0.6) is 0 Å². The predicted octanol–water partition coefficient (Wildman–Crippen LogP) is 3.55. The lowest BCUT2D eigenvalue weighted by Gasteiger charge is -2.13. The van der Waals surface area contributed by atoms with E-state index in [0.29, 0.717) is 23.2 Å². The summed E-state index contributed by atoms with van der Waals surface area (Å²) in [5, 5.41) is 0. The van der Waals surface area contributed by atoms with E-state index in [2.05, 4.69) is 0 Å². The van der Waals surface area contributed by atoms with E-state index in [1.165, 1.54) is 0 Å². The zero-order valence-electron chi connectivity index (χ0n) is 18.5. The number of hydrogen-bond donors (Lipinski definition) is 0. The number of Topliss-reactive ketones (excluding diaryl/α,β-unsaturated/α-hetero) is 1. The lowest BCUT2D eigenvalue weighted by Crippen LogP contribution is -2.31. The third-order valence-electron chi connectivity index (χ3n) is 5.77. The summed E-state index contributed by atoms with van der Waals surface area (Å²) in [6.07, 6.45) is 1.86. The number of furan rings is 1. The largest absolute Gasteiger partial charge is 0.467 e. The highest BCUT2D eigenvalue weighted by atomic mass is 16.5. The molecule has 0 aliphatic carbocycles. The van der Waals surface area contributed by atoms with Crippen LogP contribution in [0.25, 0.3) is 0 Å². The van der Waals surface area contributed by atoms with E-state index in [9.17, 15) is 19.2 Å². The highest BCUT2D eigenvalue weighted by Crippen LogP contribution is 2.23. The van der Waals surface area contributed by atoms with E-state index in [-0.39, 0.29) is 43.6 Å². The molecule has 8 heteroatoms. The van der Waals surface area contributed by atoms with Crippen LogP contribution in [0.2, 0.25) is 0 Å². The number of benzene rings is 1. The van der Waals surface area contributed by atoms with Crippen LogP contribution in [0.4, 0.5) is 0 Å². The molecule has 1 aromatic carbocycles. The van der Waals surface area contributed by atoms with Gasteiger partial charge < -0.3 is 13.7 Å². The minimum absolute atomic E-state index is 0.00179. The molecule has 0 saturated heterocycles. The number of carbonyl (C=O) groups excluding carboxylic acids is 4. The average molecular weight is 448 g/mol. The number of hydrogen-bond acceptors (Lipinski definition) is 6. The highest BCUT2D eigenvalue weighted by molar-refractivity contribution is 6.21. The minimum Gasteiger partial charge on any atom is -0.467 e. The summed E-state index contributed by atoms with van der Waals surface area (Å²) in [6.45, 7) is 4.00. The fourth-order valence-electron chi connectivity index (χ4n) is 4.00. The molecule has 0 saturated carbocycles. The topological polar surface area (TPSA) is 98.8 Å². The Labute approximate surface area is 190 Å². The second-order valence-corrected chi connectivity index (χ2v) is 7.95. The van der Waals surface area contributed by atoms with Crippen molar-refractivity contribution in [1.82, 2.24) is 9.47 Å². The maximum atomic E-state index is 12.6. The quantitative estimate of drug-likeness (QED) is 0.282. The van der Waals surface area contributed by atoms with Gasteiger partial charge in [0.25, 0.3) is 11.8 Å². The standard InChI is InChI=1S/C25H24N2O6/c1-16-13-21(17(2)27(16)14-18-7-6-12-32-18)22(28)15-33-23(29)10-5-11-26-24(30)19-8-3-4-9-20(19)25(26)31/h3-4,6-9,12-13H,5,10-11,14-15H2,1-2H3. The fourth-order valence-corrected chi connectivity index (χ4v) is 4.00. The molecule has 4 rings (SSSR count). The van der Waals surface area contributed by atoms with E-state index in [0.717, 1.165) is 22.0 Å². The molecule has 8 nitrogen and oxygen atoms in total. The number of ketones is 1. The van der Waals surface area contributed by atoms with Gasteiger partial charge in [0.15, 0.2) is 6.61 Å². The maximum Gasteiger partial charge on any atom is 0.306 e. The van der Waals surface area contributed by atoms with Gasteiger partial charge in [0.2, 0.25) is 5.78 Å². The summed E-state index contributed by atoms with van der Waals surface area (Å²) in [4.78, 5) is 50.6. The molecule has 0 bridgehead atoms. The lowest BCUT2D eigenvalue weighted by atomic mass is 10.1. The molecule has 3 heterocycles. The Morgan fingerprint density at radius 2 is 1.70 bits per heavy atom. The Morgan fingerprint density at radius 3 is 2.33 bits per heavy atom. The third kappa shape index (κ3) is 4.50. The molecule has 33 heavy (non-hydrogen) atoms. The Balaban J connectivity index is 1.26. The van der Waals surface area contributed by atoms with Gasteiger partial charge in [0.1, 0.15) is 5.76 Å². The Hall–Kier alpha value is -3.94. The van der Waals surface area contributed by atoms with Crippen LogP contribution in [0.3, 0.4) is 0 Å². The molecule has 0 radical (unpaired) electrons. The molecule has 170 valence electrons. The first-order valence-corrected chi connectivity index (χ1v) is 10.7. The summed E-state index contributed by atoms with van der Waals surface area (Å²) in [6, 6.07) is 12.1. The molecule has 0 N–H and O–H groups in total. The van der Waals surface area contributed by atoms with Crippen LogP contribution < -0.4 is 0 Å². The van der Waals surface area contributed by atoms with Crippen molar-refractivity contribution < 1.29 is 28.3 Å². The SMILES string of the molecule is Cc1cc(C(=O)COC(=O)CCCN2C(=O)c3ccccc3C2=O)c(C)n1Cc1ccco1. The maximum absolute atomic E-state index is 12.6. The van der Waals surface area contributed by atoms with Gasteiger partial charge in [-0.1, -0.05) is 12.1 Å². The van der Waals surface area contributed by atoms with Gasteiger partial charge in [0.05, 0.1) is 23.9 Å². The molecule has 0 atom stereocenters. The van der Waals surface area contributed by atoms with Crippen LogP contribution >= 0.6 is 0 Å². The van der Waals surface area contributed by atoms with Gasteiger partial charge in [0, 0.05) is 29.9 Å². The van der Waals surface area contributed by atoms with Crippen molar-refractivity contribution in [2.45, 2.75) is 33.2 Å². The van der Waals surface area contributed by atoms with Crippen molar-refractivity contribution in [3.05, 3.63) is 82.6 Å². The molecule has 0 spiro atoms. The molecule has 0 unspecified atom stereocenters. The van der Waals surface area contributed by atoms with Crippen LogP contribution in [-0.4, -0.2) is 46.2 Å². The zero-order chi connectivity index (χ0) is 23.5. The molecule has 3 aromatic rings. The van der Waals surface area contributed by atoms with Crippen molar-refractivity contribution in [1.29, 1.82) is 0 Å². The van der Waals surface area contributed by atoms with E-state index in [1.807, 2.05) is 30.5 Å². The van der Waals surface area contributed by atoms with Crippen molar-refractivity contribution in [3.63, 3.8) is 0 Å². The molecule has 1 aliphatic heterocycles. The zero-order valence-corrected chi connectivity index (χ0v) is 18.5. The number of aryl methyl sites for hydroxylation is 1. The van der Waals surface area contributed by atoms with Crippen molar-refractivity contribution in [3.8, 4) is 0 Å². The second-order valence-electron chi connectivity index (χ2n) is 7.95. The van der Waals surface area contributed by atoms with E-state index in [4.69, 9.17) is 9.15 Å². The van der Waals surface area contributed by atoms with Crippen molar-refractivity contribution >= 4 is 23.6 Å². The molecule has 2 aromatic heterocycles. The lowest BCUT2D eigenvalue weighted by molar-refractivity contribution is -0.142. The van der Waals surface area contributed by atoms with Gasteiger partial charge in [-0.3, -0.25) is 24.1 Å². The molecule has 1 aliphatic rings. The van der Waals surface area contributed by atoms with Gasteiger partial charge in [-0.25, -0.2) is 0 Å². The number of esters is 1. The number of nitrogens with zero attached hydrogens (tertiary/aromatic N) is 2. The number of aromatic nitrogens is 1. The molecular weight excluding hydrogens is 424 g/mol. The summed E-state index contributed by atoms with van der Waals surface area (Å²) >= 11 is 0. The van der Waals surface area contributed by atoms with Crippen molar-refractivity contribution in [2.24, 2.45) is 0 Å². The van der Waals surface area contributed by atoms with Crippen LogP contribution in [0.1, 0.15) is 61.1 Å². The summed E-state index contributed by atoms with van der Waals surface area (Å²) < 4.78 is 12.5. The molecule has 0 fully saturated rings. The number of amides is 2. The van der Waals surface area contributed by atoms with Gasteiger partial charge >= 0.3 is 5.97 Å². The van der Waals surface area contributed by atoms with Gasteiger partial charge in [-0.05, 0) is 50.6 Å². The first-order chi connectivity index (χ1) is 15.9. The monoisotopic (exact) mass is 448 g/mol. The van der Waals surface area contributed by atoms with Gasteiger partial charge in [-0.15, -0.1) is 0 Å². The number of ether oxygens (including phenoxy) is 1. The normalized spacial score (nSPS) is 12.8. The third-order valence-corrected chi connectivity index (χ3v) is 5.77. The number of rotatable bonds is 9. The number of imide groups is 1. The van der Waals surface area contributed by atoms with Crippen LogP contribution in [0, 0.1) is 13.8 Å². The highest BCUT2D eigenvalue weighted by Gasteiger charge is 2.34. The molecule has 2 amide bonds. The minimum atomic E-state index is -0.552. The molecular formula is C25H24N2O6. The predicted molar refractivity (Wildman–Crippen MR) is 118 cm³/mol. The van der Waals surface area contributed by atoms with E-state index in [1.54, 1.807) is 36.6 Å². The number of carbonyl (C=O) groups is 4. The van der Waals surface area contributed by atoms with Crippen molar-refractivity contribution in [2.75, 3.05) is 13.2 Å². The van der Waals surface area contributed by atoms with Crippen LogP contribution in [-0.2, 0) is 16.1 Å². The summed E-state index contributed by atoms with van der Waals surface area (Å²) in [5.74, 6) is -0.778.